The van der Waals surface area contributed by atoms with E-state index in [0.717, 1.165) is 11.1 Å². The monoisotopic (exact) mass is 325 g/mol. The maximum absolute atomic E-state index is 12.2. The molecule has 4 heteroatoms. The molecule has 4 nitrogen and oxygen atoms in total. The van der Waals surface area contributed by atoms with E-state index in [-0.39, 0.29) is 11.3 Å². The van der Waals surface area contributed by atoms with E-state index >= 15 is 0 Å². The number of carbonyl (C=O) groups is 1. The Kier molecular flexibility index (Phi) is 5.88. The number of Topliss-reactive ketones (excluding diaryl/α,β-unsaturated/α-hetero) is 1. The number of aryl methyl sites for hydroxylation is 1. The first kappa shape index (κ1) is 17.9. The third-order valence-corrected chi connectivity index (χ3v) is 4.16. The van der Waals surface area contributed by atoms with Crippen LogP contribution >= 0.6 is 0 Å². The number of hydrogen-bond acceptors (Lipinski definition) is 3. The van der Waals surface area contributed by atoms with Gasteiger partial charge in [-0.25, -0.2) is 0 Å². The fraction of sp³-hybridized carbons (Fsp3) is 0.300. The molecule has 24 heavy (non-hydrogen) atoms. The molecule has 0 aliphatic heterocycles. The Morgan fingerprint density at radius 1 is 1.12 bits per heavy atom. The van der Waals surface area contributed by atoms with Gasteiger partial charge in [0, 0.05) is 24.2 Å². The van der Waals surface area contributed by atoms with Gasteiger partial charge < -0.3 is 9.67 Å². The van der Waals surface area contributed by atoms with Crippen molar-refractivity contribution in [3.05, 3.63) is 70.1 Å². The maximum atomic E-state index is 12.2. The van der Waals surface area contributed by atoms with Crippen LogP contribution in [0.25, 0.3) is 12.2 Å². The van der Waals surface area contributed by atoms with Crippen LogP contribution in [0.5, 0.6) is 0 Å². The number of hydrogen-bond donors (Lipinski definition) is 1. The number of benzene rings is 1. The standard InChI is InChI=1S/C20H23NO3/c1-20(2,18(23)15-22)11-13-21-12-10-17(14-19(21)24)9-8-16-6-4-3-5-7-16/h3-10,12,14,22H,11,13,15H2,1-2H3/b9-8+. The quantitative estimate of drug-likeness (QED) is 0.851. The summed E-state index contributed by atoms with van der Waals surface area (Å²) < 4.78 is 1.59. The Balaban J connectivity index is 2.06. The van der Waals surface area contributed by atoms with E-state index in [9.17, 15) is 9.59 Å². The largest absolute Gasteiger partial charge is 0.389 e. The summed E-state index contributed by atoms with van der Waals surface area (Å²) >= 11 is 0. The SMILES string of the molecule is CC(C)(CCn1ccc(/C=C/c2ccccc2)cc1=O)C(=O)CO. The second-order valence-corrected chi connectivity index (χ2v) is 6.45. The Morgan fingerprint density at radius 2 is 1.79 bits per heavy atom. The summed E-state index contributed by atoms with van der Waals surface area (Å²) in [6.07, 6.45) is 6.11. The molecule has 1 N–H and O–H groups in total. The summed E-state index contributed by atoms with van der Waals surface area (Å²) in [5.41, 5.74) is 1.18. The number of ketones is 1. The molecule has 2 aromatic rings. The molecule has 0 aliphatic rings. The maximum Gasteiger partial charge on any atom is 0.251 e. The van der Waals surface area contributed by atoms with Gasteiger partial charge in [-0.3, -0.25) is 9.59 Å². The first-order valence-electron chi connectivity index (χ1n) is 8.00. The minimum atomic E-state index is -0.639. The van der Waals surface area contributed by atoms with Crippen LogP contribution in [0.2, 0.25) is 0 Å². The van der Waals surface area contributed by atoms with Gasteiger partial charge in [0.05, 0.1) is 0 Å². The van der Waals surface area contributed by atoms with Crippen LogP contribution in [-0.2, 0) is 11.3 Å². The molecule has 0 fully saturated rings. The number of nitrogens with zero attached hydrogens (tertiary/aromatic N) is 1. The lowest BCUT2D eigenvalue weighted by molar-refractivity contribution is -0.130. The summed E-state index contributed by atoms with van der Waals surface area (Å²) in [5, 5.41) is 8.99. The second-order valence-electron chi connectivity index (χ2n) is 6.45. The molecule has 0 saturated heterocycles. The van der Waals surface area contributed by atoms with E-state index in [2.05, 4.69) is 0 Å². The molecule has 1 aromatic heterocycles. The van der Waals surface area contributed by atoms with Crippen molar-refractivity contribution in [2.24, 2.45) is 5.41 Å². The topological polar surface area (TPSA) is 59.3 Å². The average molecular weight is 325 g/mol. The van der Waals surface area contributed by atoms with Crippen LogP contribution in [0.4, 0.5) is 0 Å². The molecule has 0 bridgehead atoms. The molecule has 0 amide bonds. The molecule has 0 unspecified atom stereocenters. The smallest absolute Gasteiger partial charge is 0.251 e. The van der Waals surface area contributed by atoms with Crippen LogP contribution in [0.3, 0.4) is 0 Å². The second kappa shape index (κ2) is 7.88. The average Bonchev–Trinajstić information content (AvgIpc) is 2.59. The third kappa shape index (κ3) is 4.77. The molecule has 0 radical (unpaired) electrons. The van der Waals surface area contributed by atoms with E-state index in [1.54, 1.807) is 30.7 Å². The van der Waals surface area contributed by atoms with Crippen molar-refractivity contribution in [3.63, 3.8) is 0 Å². The third-order valence-electron chi connectivity index (χ3n) is 4.16. The minimum absolute atomic E-state index is 0.0996. The van der Waals surface area contributed by atoms with Crippen molar-refractivity contribution in [1.82, 2.24) is 4.57 Å². The number of rotatable bonds is 7. The van der Waals surface area contributed by atoms with Crippen molar-refractivity contribution < 1.29 is 9.90 Å². The lowest BCUT2D eigenvalue weighted by Crippen LogP contribution is -2.30. The number of pyridine rings is 1. The van der Waals surface area contributed by atoms with Gasteiger partial charge in [-0.05, 0) is 23.6 Å². The van der Waals surface area contributed by atoms with Crippen molar-refractivity contribution in [1.29, 1.82) is 0 Å². The Hall–Kier alpha value is -2.46. The van der Waals surface area contributed by atoms with Gasteiger partial charge in [0.25, 0.3) is 5.56 Å². The number of aromatic nitrogens is 1. The first-order valence-corrected chi connectivity index (χ1v) is 8.00. The highest BCUT2D eigenvalue weighted by Gasteiger charge is 2.26. The molecule has 2 rings (SSSR count). The normalized spacial score (nSPS) is 11.8. The highest BCUT2D eigenvalue weighted by atomic mass is 16.3. The molecule has 0 aliphatic carbocycles. The van der Waals surface area contributed by atoms with Crippen molar-refractivity contribution in [2.45, 2.75) is 26.8 Å². The first-order chi connectivity index (χ1) is 11.4. The highest BCUT2D eigenvalue weighted by Crippen LogP contribution is 2.22. The molecule has 0 atom stereocenters. The Labute approximate surface area is 142 Å². The van der Waals surface area contributed by atoms with E-state index in [1.165, 1.54) is 0 Å². The summed E-state index contributed by atoms with van der Waals surface area (Å²) in [7, 11) is 0. The van der Waals surface area contributed by atoms with Crippen LogP contribution in [-0.4, -0.2) is 22.1 Å². The molecule has 0 spiro atoms. The van der Waals surface area contributed by atoms with Crippen LogP contribution in [0.1, 0.15) is 31.4 Å². The predicted molar refractivity (Wildman–Crippen MR) is 96.6 cm³/mol. The molecule has 0 saturated carbocycles. The Bertz CT molecular complexity index is 773. The van der Waals surface area contributed by atoms with Crippen LogP contribution < -0.4 is 5.56 Å². The van der Waals surface area contributed by atoms with Gasteiger partial charge in [-0.15, -0.1) is 0 Å². The van der Waals surface area contributed by atoms with Gasteiger partial charge in [0.1, 0.15) is 6.61 Å². The Morgan fingerprint density at radius 3 is 2.42 bits per heavy atom. The predicted octanol–water partition coefficient (Wildman–Crippen LogP) is 3.00. The zero-order chi connectivity index (χ0) is 17.6. The molecular formula is C20H23NO3. The van der Waals surface area contributed by atoms with Crippen LogP contribution in [0, 0.1) is 5.41 Å². The van der Waals surface area contributed by atoms with Crippen molar-refractivity contribution in [2.75, 3.05) is 6.61 Å². The number of carbonyl (C=O) groups excluding carboxylic acids is 1. The molecule has 1 aromatic carbocycles. The molecule has 126 valence electrons. The van der Waals surface area contributed by atoms with Crippen LogP contribution in [0.15, 0.2) is 53.5 Å². The van der Waals surface area contributed by atoms with E-state index in [1.807, 2.05) is 48.6 Å². The zero-order valence-electron chi connectivity index (χ0n) is 14.1. The van der Waals surface area contributed by atoms with Crippen molar-refractivity contribution >= 4 is 17.9 Å². The highest BCUT2D eigenvalue weighted by molar-refractivity contribution is 5.84. The van der Waals surface area contributed by atoms with Gasteiger partial charge in [0.2, 0.25) is 0 Å². The summed E-state index contributed by atoms with van der Waals surface area (Å²) in [5.74, 6) is -0.210. The van der Waals surface area contributed by atoms with E-state index in [4.69, 9.17) is 5.11 Å². The van der Waals surface area contributed by atoms with Gasteiger partial charge in [-0.1, -0.05) is 56.3 Å². The molecule has 1 heterocycles. The van der Waals surface area contributed by atoms with E-state index < -0.39 is 12.0 Å². The summed E-state index contributed by atoms with van der Waals surface area (Å²) in [6.45, 7) is 3.55. The fourth-order valence-electron chi connectivity index (χ4n) is 2.32. The van der Waals surface area contributed by atoms with E-state index in [0.29, 0.717) is 13.0 Å². The lowest BCUT2D eigenvalue weighted by Gasteiger charge is -2.22. The van der Waals surface area contributed by atoms with Gasteiger partial charge in [-0.2, -0.15) is 0 Å². The summed E-state index contributed by atoms with van der Waals surface area (Å²) in [4.78, 5) is 23.9. The van der Waals surface area contributed by atoms with Gasteiger partial charge in [0.15, 0.2) is 5.78 Å². The van der Waals surface area contributed by atoms with Gasteiger partial charge >= 0.3 is 0 Å². The number of aliphatic hydroxyl groups excluding tert-OH is 1. The minimum Gasteiger partial charge on any atom is -0.389 e. The zero-order valence-corrected chi connectivity index (χ0v) is 14.1. The van der Waals surface area contributed by atoms with Crippen molar-refractivity contribution in [3.8, 4) is 0 Å². The molecular weight excluding hydrogens is 302 g/mol. The lowest BCUT2D eigenvalue weighted by atomic mass is 9.85. The fourth-order valence-corrected chi connectivity index (χ4v) is 2.32. The number of aliphatic hydroxyl groups is 1. The summed E-state index contributed by atoms with van der Waals surface area (Å²) in [6, 6.07) is 13.3.